The number of aromatic nitrogens is 1. The fourth-order valence-electron chi connectivity index (χ4n) is 2.77. The smallest absolute Gasteiger partial charge is 0.0564 e. The first-order valence-corrected chi connectivity index (χ1v) is 8.53. The molecule has 0 radical (unpaired) electrons. The van der Waals surface area contributed by atoms with Gasteiger partial charge in [0.2, 0.25) is 0 Å². The van der Waals surface area contributed by atoms with E-state index >= 15 is 0 Å². The van der Waals surface area contributed by atoms with Gasteiger partial charge in [0.15, 0.2) is 0 Å². The van der Waals surface area contributed by atoms with E-state index in [4.69, 9.17) is 0 Å². The molecule has 0 aliphatic carbocycles. The van der Waals surface area contributed by atoms with Crippen molar-refractivity contribution in [3.8, 4) is 0 Å². The first-order chi connectivity index (χ1) is 10.1. The van der Waals surface area contributed by atoms with Gasteiger partial charge in [-0.3, -0.25) is 9.88 Å². The standard InChI is InChI=1S/C18H33N3/c1-6-10-19-16-9-11-20-17(12-16)14-21(13-15(4)5)18(7-2)8-3/h9,11-12,15,18H,6-8,10,13-14H2,1-5H3,(H,19,20). The van der Waals surface area contributed by atoms with Crippen LogP contribution in [0.15, 0.2) is 18.3 Å². The molecule has 0 atom stereocenters. The van der Waals surface area contributed by atoms with Gasteiger partial charge in [-0.2, -0.15) is 0 Å². The Kier molecular flexibility index (Phi) is 8.36. The maximum absolute atomic E-state index is 4.56. The largest absolute Gasteiger partial charge is 0.385 e. The number of hydrogen-bond acceptors (Lipinski definition) is 3. The minimum atomic E-state index is 0.654. The molecular weight excluding hydrogens is 258 g/mol. The highest BCUT2D eigenvalue weighted by Gasteiger charge is 2.17. The molecule has 0 bridgehead atoms. The number of pyridine rings is 1. The normalized spacial score (nSPS) is 11.6. The molecule has 3 heteroatoms. The summed E-state index contributed by atoms with van der Waals surface area (Å²) in [7, 11) is 0. The minimum Gasteiger partial charge on any atom is -0.385 e. The van der Waals surface area contributed by atoms with Gasteiger partial charge in [-0.1, -0.05) is 34.6 Å². The molecule has 0 fully saturated rings. The molecule has 0 amide bonds. The summed E-state index contributed by atoms with van der Waals surface area (Å²) in [6.45, 7) is 14.5. The fraction of sp³-hybridized carbons (Fsp3) is 0.722. The van der Waals surface area contributed by atoms with Gasteiger partial charge < -0.3 is 5.32 Å². The van der Waals surface area contributed by atoms with Crippen LogP contribution in [0.2, 0.25) is 0 Å². The summed E-state index contributed by atoms with van der Waals surface area (Å²) in [6, 6.07) is 4.91. The van der Waals surface area contributed by atoms with Crippen LogP contribution >= 0.6 is 0 Å². The maximum Gasteiger partial charge on any atom is 0.0564 e. The maximum atomic E-state index is 4.56. The number of nitrogens with one attached hydrogen (secondary N) is 1. The van der Waals surface area contributed by atoms with Crippen LogP contribution in [-0.2, 0) is 6.54 Å². The van der Waals surface area contributed by atoms with Crippen LogP contribution in [0.1, 0.15) is 59.6 Å². The molecule has 1 rings (SSSR count). The van der Waals surface area contributed by atoms with Crippen LogP contribution in [0, 0.1) is 5.92 Å². The summed E-state index contributed by atoms with van der Waals surface area (Å²) in [5.41, 5.74) is 2.36. The lowest BCUT2D eigenvalue weighted by Crippen LogP contribution is -2.37. The van der Waals surface area contributed by atoms with E-state index in [1.807, 2.05) is 6.20 Å². The molecule has 0 unspecified atom stereocenters. The highest BCUT2D eigenvalue weighted by atomic mass is 15.2. The minimum absolute atomic E-state index is 0.654. The van der Waals surface area contributed by atoms with Crippen LogP contribution in [0.25, 0.3) is 0 Å². The van der Waals surface area contributed by atoms with Crippen LogP contribution in [0.3, 0.4) is 0 Å². The molecule has 0 saturated carbocycles. The van der Waals surface area contributed by atoms with Crippen molar-refractivity contribution in [3.63, 3.8) is 0 Å². The molecule has 1 N–H and O–H groups in total. The van der Waals surface area contributed by atoms with Gasteiger partial charge >= 0.3 is 0 Å². The highest BCUT2D eigenvalue weighted by Crippen LogP contribution is 2.16. The molecular formula is C18H33N3. The fourth-order valence-corrected chi connectivity index (χ4v) is 2.77. The molecule has 3 nitrogen and oxygen atoms in total. The lowest BCUT2D eigenvalue weighted by atomic mass is 10.1. The molecule has 1 aromatic rings. The van der Waals surface area contributed by atoms with Crippen molar-refractivity contribution < 1.29 is 0 Å². The van der Waals surface area contributed by atoms with E-state index < -0.39 is 0 Å². The molecule has 1 aromatic heterocycles. The Morgan fingerprint density at radius 3 is 2.48 bits per heavy atom. The monoisotopic (exact) mass is 291 g/mol. The summed E-state index contributed by atoms with van der Waals surface area (Å²) in [5, 5.41) is 3.45. The molecule has 120 valence electrons. The molecule has 0 spiro atoms. The van der Waals surface area contributed by atoms with Crippen molar-refractivity contribution in [1.82, 2.24) is 9.88 Å². The van der Waals surface area contributed by atoms with Gasteiger partial charge in [-0.15, -0.1) is 0 Å². The summed E-state index contributed by atoms with van der Waals surface area (Å²) >= 11 is 0. The zero-order chi connectivity index (χ0) is 15.7. The van der Waals surface area contributed by atoms with E-state index in [9.17, 15) is 0 Å². The van der Waals surface area contributed by atoms with Crippen LogP contribution in [0.5, 0.6) is 0 Å². The van der Waals surface area contributed by atoms with Gasteiger partial charge in [0.1, 0.15) is 0 Å². The van der Waals surface area contributed by atoms with Gasteiger partial charge in [-0.25, -0.2) is 0 Å². The van der Waals surface area contributed by atoms with E-state index in [1.165, 1.54) is 24.2 Å². The molecule has 0 aliphatic rings. The third-order valence-electron chi connectivity index (χ3n) is 3.82. The molecule has 0 aliphatic heterocycles. The quantitative estimate of drug-likeness (QED) is 0.685. The van der Waals surface area contributed by atoms with Gasteiger partial charge in [-0.05, 0) is 37.3 Å². The van der Waals surface area contributed by atoms with Crippen molar-refractivity contribution in [2.75, 3.05) is 18.4 Å². The van der Waals surface area contributed by atoms with Crippen LogP contribution in [0.4, 0.5) is 5.69 Å². The summed E-state index contributed by atoms with van der Waals surface area (Å²) in [5.74, 6) is 0.687. The van der Waals surface area contributed by atoms with Crippen molar-refractivity contribution in [1.29, 1.82) is 0 Å². The predicted octanol–water partition coefficient (Wildman–Crippen LogP) is 4.55. The number of rotatable bonds is 10. The van der Waals surface area contributed by atoms with E-state index in [1.54, 1.807) is 0 Å². The first-order valence-electron chi connectivity index (χ1n) is 8.53. The Labute approximate surface area is 131 Å². The molecule has 21 heavy (non-hydrogen) atoms. The molecule has 0 saturated heterocycles. The SMILES string of the molecule is CCCNc1ccnc(CN(CC(C)C)C(CC)CC)c1. The van der Waals surface area contributed by atoms with Crippen molar-refractivity contribution >= 4 is 5.69 Å². The zero-order valence-electron chi connectivity index (χ0n) is 14.5. The Bertz CT molecular complexity index is 386. The average molecular weight is 291 g/mol. The van der Waals surface area contributed by atoms with Gasteiger partial charge in [0, 0.05) is 37.6 Å². The first kappa shape index (κ1) is 18.0. The van der Waals surface area contributed by atoms with Gasteiger partial charge in [0.25, 0.3) is 0 Å². The Morgan fingerprint density at radius 2 is 1.90 bits per heavy atom. The predicted molar refractivity (Wildman–Crippen MR) is 92.6 cm³/mol. The van der Waals surface area contributed by atoms with Crippen molar-refractivity contribution in [2.45, 2.75) is 66.5 Å². The van der Waals surface area contributed by atoms with Crippen LogP contribution < -0.4 is 5.32 Å². The van der Waals surface area contributed by atoms with E-state index in [0.29, 0.717) is 12.0 Å². The second-order valence-corrected chi connectivity index (χ2v) is 6.26. The average Bonchev–Trinajstić information content (AvgIpc) is 2.46. The zero-order valence-corrected chi connectivity index (χ0v) is 14.5. The van der Waals surface area contributed by atoms with Crippen molar-refractivity contribution in [3.05, 3.63) is 24.0 Å². The second-order valence-electron chi connectivity index (χ2n) is 6.26. The van der Waals surface area contributed by atoms with Crippen LogP contribution in [-0.4, -0.2) is 29.0 Å². The lowest BCUT2D eigenvalue weighted by Gasteiger charge is -2.31. The molecule has 1 heterocycles. The van der Waals surface area contributed by atoms with E-state index in [0.717, 1.165) is 26.1 Å². The summed E-state index contributed by atoms with van der Waals surface area (Å²) in [4.78, 5) is 7.16. The lowest BCUT2D eigenvalue weighted by molar-refractivity contribution is 0.155. The number of hydrogen-bond donors (Lipinski definition) is 1. The summed E-state index contributed by atoms with van der Waals surface area (Å²) < 4.78 is 0. The third-order valence-corrected chi connectivity index (χ3v) is 3.82. The molecule has 0 aromatic carbocycles. The topological polar surface area (TPSA) is 28.2 Å². The summed E-state index contributed by atoms with van der Waals surface area (Å²) in [6.07, 6.45) is 5.48. The number of anilines is 1. The Morgan fingerprint density at radius 1 is 1.19 bits per heavy atom. The Balaban J connectivity index is 2.77. The van der Waals surface area contributed by atoms with Crippen molar-refractivity contribution in [2.24, 2.45) is 5.92 Å². The Hall–Kier alpha value is -1.09. The van der Waals surface area contributed by atoms with Gasteiger partial charge in [0.05, 0.1) is 5.69 Å². The third kappa shape index (κ3) is 6.47. The van der Waals surface area contributed by atoms with E-state index in [-0.39, 0.29) is 0 Å². The number of nitrogens with zero attached hydrogens (tertiary/aromatic N) is 2. The van der Waals surface area contributed by atoms with E-state index in [2.05, 4.69) is 62.0 Å². The highest BCUT2D eigenvalue weighted by molar-refractivity contribution is 5.43. The second kappa shape index (κ2) is 9.78.